The van der Waals surface area contributed by atoms with Crippen molar-refractivity contribution >= 4 is 11.7 Å². The molecule has 8 heteroatoms. The van der Waals surface area contributed by atoms with Gasteiger partial charge in [0.15, 0.2) is 0 Å². The smallest absolute Gasteiger partial charge is 0.417 e. The van der Waals surface area contributed by atoms with Crippen LogP contribution < -0.4 is 9.64 Å². The van der Waals surface area contributed by atoms with Gasteiger partial charge in [-0.1, -0.05) is 12.1 Å². The number of benzene rings is 1. The summed E-state index contributed by atoms with van der Waals surface area (Å²) in [6.45, 7) is 1.95. The van der Waals surface area contributed by atoms with Gasteiger partial charge in [0.2, 0.25) is 0 Å². The number of amides is 1. The summed E-state index contributed by atoms with van der Waals surface area (Å²) in [5.41, 5.74) is -0.231. The Labute approximate surface area is 167 Å². The van der Waals surface area contributed by atoms with Crippen molar-refractivity contribution in [1.29, 1.82) is 0 Å². The molecule has 2 aliphatic heterocycles. The number of para-hydroxylation sites is 1. The largest absolute Gasteiger partial charge is 0.496 e. The highest BCUT2D eigenvalue weighted by atomic mass is 19.4. The molecule has 154 valence electrons. The van der Waals surface area contributed by atoms with Crippen molar-refractivity contribution < 1.29 is 22.7 Å². The van der Waals surface area contributed by atoms with Crippen LogP contribution in [0.3, 0.4) is 0 Å². The number of piperidine rings is 1. The topological polar surface area (TPSA) is 45.7 Å². The van der Waals surface area contributed by atoms with Gasteiger partial charge in [-0.25, -0.2) is 4.98 Å². The molecule has 29 heavy (non-hydrogen) atoms. The Bertz CT molecular complexity index is 885. The molecular weight excluding hydrogens is 383 g/mol. The number of nitrogens with zero attached hydrogens (tertiary/aromatic N) is 3. The Balaban J connectivity index is 1.52. The van der Waals surface area contributed by atoms with Crippen LogP contribution in [0.2, 0.25) is 0 Å². The molecule has 2 atom stereocenters. The first-order valence-corrected chi connectivity index (χ1v) is 9.60. The normalized spacial score (nSPS) is 21.8. The summed E-state index contributed by atoms with van der Waals surface area (Å²) < 4.78 is 43.7. The zero-order valence-corrected chi connectivity index (χ0v) is 16.0. The van der Waals surface area contributed by atoms with Crippen LogP contribution in [0.15, 0.2) is 42.6 Å². The van der Waals surface area contributed by atoms with Gasteiger partial charge in [-0.3, -0.25) is 4.79 Å². The fraction of sp³-hybridized carbons (Fsp3) is 0.429. The summed E-state index contributed by atoms with van der Waals surface area (Å²) in [5.74, 6) is 1.36. The number of carbonyl (C=O) groups excluding carboxylic acids is 1. The van der Waals surface area contributed by atoms with Gasteiger partial charge in [0.25, 0.3) is 5.91 Å². The van der Waals surface area contributed by atoms with Crippen molar-refractivity contribution in [1.82, 2.24) is 9.88 Å². The highest BCUT2D eigenvalue weighted by Crippen LogP contribution is 2.36. The Morgan fingerprint density at radius 3 is 2.59 bits per heavy atom. The van der Waals surface area contributed by atoms with Gasteiger partial charge in [0, 0.05) is 25.8 Å². The fourth-order valence-corrected chi connectivity index (χ4v) is 4.32. The molecule has 0 aliphatic carbocycles. The fourth-order valence-electron chi connectivity index (χ4n) is 4.32. The number of rotatable bonds is 3. The first kappa shape index (κ1) is 19.5. The number of pyridine rings is 1. The van der Waals surface area contributed by atoms with Crippen LogP contribution in [0.25, 0.3) is 0 Å². The minimum absolute atomic E-state index is 0.00487. The minimum atomic E-state index is -4.40. The number of alkyl halides is 3. The number of likely N-dealkylation sites (tertiary alicyclic amines) is 1. The second-order valence-corrected chi connectivity index (χ2v) is 7.45. The van der Waals surface area contributed by atoms with Crippen LogP contribution in [-0.4, -0.2) is 48.6 Å². The van der Waals surface area contributed by atoms with Gasteiger partial charge < -0.3 is 14.5 Å². The SMILES string of the molecule is COc1ccccc1C(=O)N1CCC2CCN(c3ccc(C(F)(F)F)cn3)CC21. The monoisotopic (exact) mass is 405 g/mol. The summed E-state index contributed by atoms with van der Waals surface area (Å²) in [6, 6.07) is 9.62. The molecule has 0 saturated carbocycles. The molecule has 0 spiro atoms. The maximum Gasteiger partial charge on any atom is 0.417 e. The van der Waals surface area contributed by atoms with Crippen LogP contribution >= 0.6 is 0 Å². The van der Waals surface area contributed by atoms with E-state index in [1.54, 1.807) is 12.1 Å². The Morgan fingerprint density at radius 2 is 1.90 bits per heavy atom. The highest BCUT2D eigenvalue weighted by molar-refractivity contribution is 5.97. The molecule has 1 amide bonds. The maximum atomic E-state index is 13.2. The van der Waals surface area contributed by atoms with E-state index in [0.29, 0.717) is 36.1 Å². The molecule has 2 aliphatic rings. The van der Waals surface area contributed by atoms with Gasteiger partial charge in [0.1, 0.15) is 11.6 Å². The van der Waals surface area contributed by atoms with E-state index >= 15 is 0 Å². The third-order valence-corrected chi connectivity index (χ3v) is 5.86. The van der Waals surface area contributed by atoms with Crippen molar-refractivity contribution in [2.24, 2.45) is 5.92 Å². The average Bonchev–Trinajstić information content (AvgIpc) is 3.16. The van der Waals surface area contributed by atoms with E-state index in [-0.39, 0.29) is 11.9 Å². The quantitative estimate of drug-likeness (QED) is 0.778. The zero-order valence-electron chi connectivity index (χ0n) is 16.0. The number of fused-ring (bicyclic) bond motifs is 1. The Hall–Kier alpha value is -2.77. The third kappa shape index (κ3) is 3.75. The van der Waals surface area contributed by atoms with E-state index in [1.807, 2.05) is 21.9 Å². The molecular formula is C21H22F3N3O2. The maximum absolute atomic E-state index is 13.2. The van der Waals surface area contributed by atoms with Gasteiger partial charge in [-0.2, -0.15) is 13.2 Å². The van der Waals surface area contributed by atoms with Crippen molar-refractivity contribution in [2.75, 3.05) is 31.6 Å². The second kappa shape index (κ2) is 7.57. The predicted molar refractivity (Wildman–Crippen MR) is 102 cm³/mol. The van der Waals surface area contributed by atoms with Crippen LogP contribution in [0.1, 0.15) is 28.8 Å². The van der Waals surface area contributed by atoms with Crippen molar-refractivity contribution in [3.05, 3.63) is 53.7 Å². The lowest BCUT2D eigenvalue weighted by Gasteiger charge is -2.39. The van der Waals surface area contributed by atoms with Gasteiger partial charge >= 0.3 is 6.18 Å². The number of carbonyl (C=O) groups is 1. The van der Waals surface area contributed by atoms with Crippen LogP contribution in [0, 0.1) is 5.92 Å². The molecule has 4 rings (SSSR count). The first-order chi connectivity index (χ1) is 13.9. The summed E-state index contributed by atoms with van der Waals surface area (Å²) in [6.07, 6.45) is -1.72. The average molecular weight is 405 g/mol. The lowest BCUT2D eigenvalue weighted by Crippen LogP contribution is -2.50. The number of halogens is 3. The van der Waals surface area contributed by atoms with Crippen LogP contribution in [-0.2, 0) is 6.18 Å². The molecule has 1 aromatic heterocycles. The van der Waals surface area contributed by atoms with E-state index in [2.05, 4.69) is 4.98 Å². The van der Waals surface area contributed by atoms with E-state index in [9.17, 15) is 18.0 Å². The Kier molecular flexibility index (Phi) is 5.10. The number of hydrogen-bond acceptors (Lipinski definition) is 4. The van der Waals surface area contributed by atoms with E-state index < -0.39 is 11.7 Å². The zero-order chi connectivity index (χ0) is 20.6. The lowest BCUT2D eigenvalue weighted by molar-refractivity contribution is -0.137. The van der Waals surface area contributed by atoms with Crippen LogP contribution in [0.4, 0.5) is 19.0 Å². The number of anilines is 1. The molecule has 3 heterocycles. The number of ether oxygens (including phenoxy) is 1. The summed E-state index contributed by atoms with van der Waals surface area (Å²) in [5, 5.41) is 0. The summed E-state index contributed by atoms with van der Waals surface area (Å²) >= 11 is 0. The molecule has 2 unspecified atom stereocenters. The number of aromatic nitrogens is 1. The molecule has 2 saturated heterocycles. The summed E-state index contributed by atoms with van der Waals surface area (Å²) in [4.78, 5) is 21.0. The van der Waals surface area contributed by atoms with E-state index in [4.69, 9.17) is 4.74 Å². The third-order valence-electron chi connectivity index (χ3n) is 5.86. The predicted octanol–water partition coefficient (Wildman–Crippen LogP) is 3.85. The van der Waals surface area contributed by atoms with Crippen molar-refractivity contribution in [3.8, 4) is 5.75 Å². The van der Waals surface area contributed by atoms with E-state index in [1.165, 1.54) is 13.2 Å². The lowest BCUT2D eigenvalue weighted by atomic mass is 9.92. The highest BCUT2D eigenvalue weighted by Gasteiger charge is 2.41. The van der Waals surface area contributed by atoms with Crippen molar-refractivity contribution in [3.63, 3.8) is 0 Å². The second-order valence-electron chi connectivity index (χ2n) is 7.45. The standard InChI is InChI=1S/C21H22F3N3O2/c1-29-18-5-3-2-4-16(18)20(28)27-11-9-14-8-10-26(13-17(14)27)19-7-6-15(12-25-19)21(22,23)24/h2-7,12,14,17H,8-11,13H2,1H3. The molecule has 5 nitrogen and oxygen atoms in total. The minimum Gasteiger partial charge on any atom is -0.496 e. The van der Waals surface area contributed by atoms with Gasteiger partial charge in [-0.05, 0) is 43.0 Å². The molecule has 0 N–H and O–H groups in total. The van der Waals surface area contributed by atoms with Crippen LogP contribution in [0.5, 0.6) is 5.75 Å². The summed E-state index contributed by atoms with van der Waals surface area (Å²) in [7, 11) is 1.54. The first-order valence-electron chi connectivity index (χ1n) is 9.60. The van der Waals surface area contributed by atoms with Crippen molar-refractivity contribution in [2.45, 2.75) is 25.1 Å². The molecule has 2 aromatic rings. The number of methoxy groups -OCH3 is 1. The molecule has 0 bridgehead atoms. The Morgan fingerprint density at radius 1 is 1.14 bits per heavy atom. The molecule has 1 aromatic carbocycles. The van der Waals surface area contributed by atoms with Gasteiger partial charge in [-0.15, -0.1) is 0 Å². The molecule has 0 radical (unpaired) electrons. The molecule has 2 fully saturated rings. The van der Waals surface area contributed by atoms with Gasteiger partial charge in [0.05, 0.1) is 24.3 Å². The van der Waals surface area contributed by atoms with E-state index in [0.717, 1.165) is 31.6 Å². The number of hydrogen-bond donors (Lipinski definition) is 0.